The molecule has 118 valence electrons. The number of nitrogens with one attached hydrogen (secondary N) is 1. The van der Waals surface area contributed by atoms with E-state index in [2.05, 4.69) is 5.32 Å². The molecule has 0 aromatic heterocycles. The van der Waals surface area contributed by atoms with Crippen molar-refractivity contribution in [2.75, 3.05) is 19.0 Å². The Morgan fingerprint density at radius 3 is 2.38 bits per heavy atom. The van der Waals surface area contributed by atoms with Gasteiger partial charge in [-0.15, -0.1) is 0 Å². The number of para-hydroxylation sites is 1. The van der Waals surface area contributed by atoms with E-state index in [9.17, 15) is 21.6 Å². The fraction of sp³-hybridized carbons (Fsp3) is 0.538. The molecular weight excluding hydrogens is 307 g/mol. The van der Waals surface area contributed by atoms with Crippen molar-refractivity contribution in [3.8, 4) is 0 Å². The number of rotatable bonds is 5. The minimum atomic E-state index is -5.37. The Morgan fingerprint density at radius 2 is 1.90 bits per heavy atom. The minimum Gasteiger partial charge on any atom is -0.381 e. The molecule has 1 aliphatic rings. The van der Waals surface area contributed by atoms with Gasteiger partial charge >= 0.3 is 5.51 Å². The molecule has 1 aliphatic carbocycles. The molecule has 0 heterocycles. The largest absolute Gasteiger partial charge is 0.501 e. The minimum absolute atomic E-state index is 0.0573. The number of ether oxygens (including phenoxy) is 1. The van der Waals surface area contributed by atoms with Gasteiger partial charge in [-0.1, -0.05) is 12.1 Å². The molecule has 21 heavy (non-hydrogen) atoms. The van der Waals surface area contributed by atoms with Crippen molar-refractivity contribution in [1.82, 2.24) is 0 Å². The number of hydrogen-bond acceptors (Lipinski definition) is 4. The second kappa shape index (κ2) is 5.49. The van der Waals surface area contributed by atoms with Crippen molar-refractivity contribution in [3.05, 3.63) is 24.3 Å². The van der Waals surface area contributed by atoms with Crippen LogP contribution in [0.3, 0.4) is 0 Å². The summed E-state index contributed by atoms with van der Waals surface area (Å²) in [4.78, 5) is -0.761. The van der Waals surface area contributed by atoms with Gasteiger partial charge < -0.3 is 10.1 Å². The van der Waals surface area contributed by atoms with Gasteiger partial charge in [0.25, 0.3) is 9.84 Å². The van der Waals surface area contributed by atoms with Crippen LogP contribution < -0.4 is 5.32 Å². The summed E-state index contributed by atoms with van der Waals surface area (Å²) in [6.45, 7) is 0.272. The second-order valence-electron chi connectivity index (χ2n) is 5.04. The van der Waals surface area contributed by atoms with Gasteiger partial charge in [0.2, 0.25) is 0 Å². The normalized spacial score (nSPS) is 18.1. The van der Waals surface area contributed by atoms with Crippen LogP contribution in [0.1, 0.15) is 19.3 Å². The fourth-order valence-electron chi connectivity index (χ4n) is 2.25. The van der Waals surface area contributed by atoms with Gasteiger partial charge in [-0.2, -0.15) is 13.2 Å². The maximum Gasteiger partial charge on any atom is 0.501 e. The first-order valence-corrected chi connectivity index (χ1v) is 7.90. The average molecular weight is 323 g/mol. The van der Waals surface area contributed by atoms with Crippen molar-refractivity contribution in [1.29, 1.82) is 0 Å². The van der Waals surface area contributed by atoms with Crippen molar-refractivity contribution >= 4 is 15.5 Å². The zero-order valence-corrected chi connectivity index (χ0v) is 12.2. The molecule has 0 saturated heterocycles. The smallest absolute Gasteiger partial charge is 0.381 e. The third-order valence-corrected chi connectivity index (χ3v) is 5.32. The van der Waals surface area contributed by atoms with Gasteiger partial charge in [-0.3, -0.25) is 0 Å². The fourth-order valence-corrected chi connectivity index (χ4v) is 3.19. The van der Waals surface area contributed by atoms with Gasteiger partial charge in [0.1, 0.15) is 0 Å². The number of hydrogen-bond donors (Lipinski definition) is 1. The van der Waals surface area contributed by atoms with Gasteiger partial charge in [0.15, 0.2) is 0 Å². The van der Waals surface area contributed by atoms with Gasteiger partial charge in [0, 0.05) is 13.7 Å². The van der Waals surface area contributed by atoms with E-state index in [1.807, 2.05) is 0 Å². The summed E-state index contributed by atoms with van der Waals surface area (Å²) in [6.07, 6.45) is 2.58. The number of methoxy groups -OCH3 is 1. The maximum absolute atomic E-state index is 12.7. The molecule has 0 atom stereocenters. The molecule has 1 fully saturated rings. The summed E-state index contributed by atoms with van der Waals surface area (Å²) in [5, 5.41) is 2.78. The number of alkyl halides is 3. The van der Waals surface area contributed by atoms with Crippen LogP contribution in [-0.2, 0) is 14.6 Å². The highest BCUT2D eigenvalue weighted by atomic mass is 32.2. The Labute approximate surface area is 121 Å². The summed E-state index contributed by atoms with van der Waals surface area (Å²) in [5.41, 5.74) is -5.80. The number of halogens is 3. The Balaban J connectivity index is 2.26. The molecule has 0 amide bonds. The zero-order chi connectivity index (χ0) is 15.7. The lowest BCUT2D eigenvalue weighted by atomic mass is 9.80. The number of sulfone groups is 1. The highest BCUT2D eigenvalue weighted by Crippen LogP contribution is 2.37. The van der Waals surface area contributed by atoms with Crippen molar-refractivity contribution in [2.24, 2.45) is 0 Å². The van der Waals surface area contributed by atoms with Crippen LogP contribution in [0.5, 0.6) is 0 Å². The molecule has 0 radical (unpaired) electrons. The second-order valence-corrected chi connectivity index (χ2v) is 6.95. The van der Waals surface area contributed by atoms with Gasteiger partial charge in [-0.25, -0.2) is 8.42 Å². The molecule has 1 aromatic rings. The van der Waals surface area contributed by atoms with E-state index < -0.39 is 25.8 Å². The van der Waals surface area contributed by atoms with Crippen molar-refractivity contribution in [3.63, 3.8) is 0 Å². The van der Waals surface area contributed by atoms with Gasteiger partial charge in [-0.05, 0) is 31.4 Å². The van der Waals surface area contributed by atoms with E-state index >= 15 is 0 Å². The molecule has 0 aliphatic heterocycles. The number of anilines is 1. The van der Waals surface area contributed by atoms with Crippen LogP contribution in [0.4, 0.5) is 18.9 Å². The highest BCUT2D eigenvalue weighted by Gasteiger charge is 2.48. The lowest BCUT2D eigenvalue weighted by Gasteiger charge is -2.40. The molecule has 0 unspecified atom stereocenters. The highest BCUT2D eigenvalue weighted by molar-refractivity contribution is 7.92. The molecule has 4 nitrogen and oxygen atoms in total. The SMILES string of the molecule is COC1(CNc2ccccc2S(=O)(=O)C(F)(F)F)CCC1. The molecule has 0 spiro atoms. The van der Waals surface area contributed by atoms with E-state index in [-0.39, 0.29) is 12.2 Å². The van der Waals surface area contributed by atoms with Crippen molar-refractivity contribution < 1.29 is 26.3 Å². The van der Waals surface area contributed by atoms with Crippen LogP contribution in [0.25, 0.3) is 0 Å². The quantitative estimate of drug-likeness (QED) is 0.905. The van der Waals surface area contributed by atoms with E-state index in [1.54, 1.807) is 7.11 Å². The molecule has 0 bridgehead atoms. The summed E-state index contributed by atoms with van der Waals surface area (Å²) in [5.74, 6) is 0. The third-order valence-electron chi connectivity index (χ3n) is 3.78. The van der Waals surface area contributed by atoms with Crippen LogP contribution in [-0.4, -0.2) is 33.2 Å². The first-order valence-electron chi connectivity index (χ1n) is 6.41. The monoisotopic (exact) mass is 323 g/mol. The van der Waals surface area contributed by atoms with Crippen LogP contribution in [0.2, 0.25) is 0 Å². The molecule has 1 N–H and O–H groups in total. The van der Waals surface area contributed by atoms with E-state index in [4.69, 9.17) is 4.74 Å². The molecule has 1 saturated carbocycles. The Morgan fingerprint density at radius 1 is 1.29 bits per heavy atom. The first kappa shape index (κ1) is 16.1. The molecular formula is C13H16F3NO3S. The van der Waals surface area contributed by atoms with Gasteiger partial charge in [0.05, 0.1) is 16.2 Å². The summed E-state index contributed by atoms with van der Waals surface area (Å²) in [7, 11) is -3.83. The third kappa shape index (κ3) is 3.01. The summed E-state index contributed by atoms with van der Waals surface area (Å²) in [6, 6.07) is 5.02. The lowest BCUT2D eigenvalue weighted by Crippen LogP contribution is -2.45. The molecule has 1 aromatic carbocycles. The molecule has 8 heteroatoms. The topological polar surface area (TPSA) is 55.4 Å². The maximum atomic E-state index is 12.7. The summed E-state index contributed by atoms with van der Waals surface area (Å²) < 4.78 is 66.5. The lowest BCUT2D eigenvalue weighted by molar-refractivity contribution is -0.0601. The van der Waals surface area contributed by atoms with Crippen molar-refractivity contribution in [2.45, 2.75) is 35.3 Å². The standard InChI is InChI=1S/C13H16F3NO3S/c1-20-12(7-4-8-12)9-17-10-5-2-3-6-11(10)21(18,19)13(14,15)16/h2-3,5-6,17H,4,7-9H2,1H3. The predicted octanol–water partition coefficient (Wildman–Crippen LogP) is 2.96. The van der Waals surface area contributed by atoms with Crippen LogP contribution in [0.15, 0.2) is 29.2 Å². The Kier molecular flexibility index (Phi) is 4.21. The van der Waals surface area contributed by atoms with Crippen LogP contribution >= 0.6 is 0 Å². The van der Waals surface area contributed by atoms with Crippen LogP contribution in [0, 0.1) is 0 Å². The van der Waals surface area contributed by atoms with E-state index in [0.29, 0.717) is 0 Å². The zero-order valence-electron chi connectivity index (χ0n) is 11.4. The van der Waals surface area contributed by atoms with E-state index in [1.165, 1.54) is 18.2 Å². The predicted molar refractivity (Wildman–Crippen MR) is 71.8 cm³/mol. The molecule has 2 rings (SSSR count). The Bertz CT molecular complexity index is 604. The Hall–Kier alpha value is -1.28. The first-order chi connectivity index (χ1) is 9.72. The average Bonchev–Trinajstić information content (AvgIpc) is 2.37. The summed E-state index contributed by atoms with van der Waals surface area (Å²) >= 11 is 0. The van der Waals surface area contributed by atoms with E-state index in [0.717, 1.165) is 25.3 Å². The number of benzene rings is 1.